The highest BCUT2D eigenvalue weighted by atomic mass is 16.2. The number of imide groups is 1. The van der Waals surface area contributed by atoms with E-state index in [-0.39, 0.29) is 18.2 Å². The van der Waals surface area contributed by atoms with Gasteiger partial charge >= 0.3 is 0 Å². The standard InChI is InChI=1S/C12H13N5O2/c1-17-11(18)4-10(12(17)19)15-9-3-8-6(2-7(9)13)5-14-16-8/h2-3,5,10,15H,4,13H2,1H3,(H,14,16). The Labute approximate surface area is 108 Å². The van der Waals surface area contributed by atoms with Gasteiger partial charge in [-0.15, -0.1) is 0 Å². The van der Waals surface area contributed by atoms with Crippen LogP contribution in [0.1, 0.15) is 6.42 Å². The Morgan fingerprint density at radius 2 is 2.26 bits per heavy atom. The molecular formula is C12H13N5O2. The Morgan fingerprint density at radius 3 is 2.95 bits per heavy atom. The molecule has 19 heavy (non-hydrogen) atoms. The Bertz CT molecular complexity index is 678. The number of likely N-dealkylation sites (N-methyl/N-ethyl adjacent to an activating group) is 1. The second-order valence-electron chi connectivity index (χ2n) is 4.59. The first kappa shape index (κ1) is 11.5. The molecule has 1 aliphatic rings. The van der Waals surface area contributed by atoms with Crippen LogP contribution in [0.4, 0.5) is 11.4 Å². The number of fused-ring (bicyclic) bond motifs is 1. The Morgan fingerprint density at radius 1 is 1.47 bits per heavy atom. The predicted octanol–water partition coefficient (Wildman–Crippen LogP) is 0.314. The first-order valence-electron chi connectivity index (χ1n) is 5.86. The van der Waals surface area contributed by atoms with Crippen LogP contribution in [-0.2, 0) is 9.59 Å². The number of nitrogens with zero attached hydrogens (tertiary/aromatic N) is 2. The molecule has 98 valence electrons. The topological polar surface area (TPSA) is 104 Å². The molecule has 1 aromatic heterocycles. The third-order valence-corrected chi connectivity index (χ3v) is 3.32. The Balaban J connectivity index is 1.91. The summed E-state index contributed by atoms with van der Waals surface area (Å²) in [5.41, 5.74) is 7.89. The first-order valence-corrected chi connectivity index (χ1v) is 5.86. The second-order valence-corrected chi connectivity index (χ2v) is 4.59. The first-order chi connectivity index (χ1) is 9.06. The number of aromatic amines is 1. The molecule has 0 spiro atoms. The normalized spacial score (nSPS) is 19.4. The van der Waals surface area contributed by atoms with Gasteiger partial charge in [-0.25, -0.2) is 0 Å². The van der Waals surface area contributed by atoms with Crippen molar-refractivity contribution in [1.29, 1.82) is 0 Å². The number of nitrogens with two attached hydrogens (primary N) is 1. The molecule has 7 heteroatoms. The maximum absolute atomic E-state index is 11.8. The number of anilines is 2. The van der Waals surface area contributed by atoms with Crippen molar-refractivity contribution in [3.05, 3.63) is 18.3 Å². The van der Waals surface area contributed by atoms with Crippen LogP contribution in [0, 0.1) is 0 Å². The van der Waals surface area contributed by atoms with E-state index in [0.29, 0.717) is 11.4 Å². The van der Waals surface area contributed by atoms with Crippen LogP contribution >= 0.6 is 0 Å². The zero-order chi connectivity index (χ0) is 13.6. The molecule has 1 saturated heterocycles. The van der Waals surface area contributed by atoms with E-state index in [4.69, 9.17) is 5.73 Å². The van der Waals surface area contributed by atoms with Crippen LogP contribution in [0.15, 0.2) is 18.3 Å². The molecule has 2 amide bonds. The number of H-pyrrole nitrogens is 1. The van der Waals surface area contributed by atoms with Crippen LogP contribution in [0.5, 0.6) is 0 Å². The van der Waals surface area contributed by atoms with Crippen molar-refractivity contribution in [2.75, 3.05) is 18.1 Å². The number of nitrogen functional groups attached to an aromatic ring is 1. The summed E-state index contributed by atoms with van der Waals surface area (Å²) < 4.78 is 0. The average Bonchev–Trinajstić information content (AvgIpc) is 2.91. The number of aromatic nitrogens is 2. The van der Waals surface area contributed by atoms with Gasteiger partial charge in [0.05, 0.1) is 29.5 Å². The number of hydrogen-bond donors (Lipinski definition) is 3. The van der Waals surface area contributed by atoms with Gasteiger partial charge in [-0.1, -0.05) is 0 Å². The summed E-state index contributed by atoms with van der Waals surface area (Å²) in [6, 6.07) is 3.00. The molecule has 1 aromatic carbocycles. The zero-order valence-corrected chi connectivity index (χ0v) is 10.3. The molecule has 3 rings (SSSR count). The van der Waals surface area contributed by atoms with Gasteiger partial charge < -0.3 is 11.1 Å². The lowest BCUT2D eigenvalue weighted by Gasteiger charge is -2.14. The maximum Gasteiger partial charge on any atom is 0.251 e. The van der Waals surface area contributed by atoms with Gasteiger partial charge in [0.15, 0.2) is 0 Å². The molecule has 0 radical (unpaired) electrons. The van der Waals surface area contributed by atoms with E-state index in [2.05, 4.69) is 15.5 Å². The molecule has 1 atom stereocenters. The summed E-state index contributed by atoms with van der Waals surface area (Å²) in [5, 5.41) is 10.7. The second kappa shape index (κ2) is 3.98. The lowest BCUT2D eigenvalue weighted by Crippen LogP contribution is -2.32. The molecule has 0 saturated carbocycles. The van der Waals surface area contributed by atoms with Gasteiger partial charge in [0.1, 0.15) is 6.04 Å². The van der Waals surface area contributed by atoms with E-state index >= 15 is 0 Å². The number of hydrogen-bond acceptors (Lipinski definition) is 5. The number of rotatable bonds is 2. The molecule has 7 nitrogen and oxygen atoms in total. The molecule has 0 aliphatic carbocycles. The number of carbonyl (C=O) groups is 2. The monoisotopic (exact) mass is 259 g/mol. The fraction of sp³-hybridized carbons (Fsp3) is 0.250. The fourth-order valence-corrected chi connectivity index (χ4v) is 2.19. The molecule has 4 N–H and O–H groups in total. The van der Waals surface area contributed by atoms with Crippen LogP contribution in [0.25, 0.3) is 10.9 Å². The lowest BCUT2D eigenvalue weighted by molar-refractivity contribution is -0.136. The third-order valence-electron chi connectivity index (χ3n) is 3.32. The molecule has 2 aromatic rings. The Hall–Kier alpha value is -2.57. The predicted molar refractivity (Wildman–Crippen MR) is 70.3 cm³/mol. The van der Waals surface area contributed by atoms with Crippen molar-refractivity contribution in [1.82, 2.24) is 15.1 Å². The summed E-state index contributed by atoms with van der Waals surface area (Å²) in [6.45, 7) is 0. The fourth-order valence-electron chi connectivity index (χ4n) is 2.19. The van der Waals surface area contributed by atoms with E-state index in [0.717, 1.165) is 15.8 Å². The van der Waals surface area contributed by atoms with Crippen molar-refractivity contribution >= 4 is 34.1 Å². The SMILES string of the molecule is CN1C(=O)CC(Nc2cc3[nH]ncc3cc2N)C1=O. The highest BCUT2D eigenvalue weighted by Gasteiger charge is 2.36. The van der Waals surface area contributed by atoms with Gasteiger partial charge in [0.2, 0.25) is 5.91 Å². The largest absolute Gasteiger partial charge is 0.397 e. The van der Waals surface area contributed by atoms with Crippen molar-refractivity contribution < 1.29 is 9.59 Å². The van der Waals surface area contributed by atoms with Crippen LogP contribution in [-0.4, -0.2) is 40.0 Å². The highest BCUT2D eigenvalue weighted by molar-refractivity contribution is 6.07. The summed E-state index contributed by atoms with van der Waals surface area (Å²) in [6.07, 6.45) is 1.82. The molecule has 1 aliphatic heterocycles. The van der Waals surface area contributed by atoms with Gasteiger partial charge in [0, 0.05) is 12.4 Å². The maximum atomic E-state index is 11.8. The minimum absolute atomic E-state index is 0.149. The third kappa shape index (κ3) is 1.79. The van der Waals surface area contributed by atoms with Crippen molar-refractivity contribution in [3.63, 3.8) is 0 Å². The number of benzene rings is 1. The number of nitrogens with one attached hydrogen (secondary N) is 2. The molecule has 2 heterocycles. The van der Waals surface area contributed by atoms with Crippen LogP contribution in [0.2, 0.25) is 0 Å². The Kier molecular flexibility index (Phi) is 2.41. The quantitative estimate of drug-likeness (QED) is 0.532. The average molecular weight is 259 g/mol. The smallest absolute Gasteiger partial charge is 0.251 e. The van der Waals surface area contributed by atoms with E-state index in [9.17, 15) is 9.59 Å². The summed E-state index contributed by atoms with van der Waals surface area (Å²) in [7, 11) is 1.48. The summed E-state index contributed by atoms with van der Waals surface area (Å²) >= 11 is 0. The number of carbonyl (C=O) groups excluding carboxylic acids is 2. The summed E-state index contributed by atoms with van der Waals surface area (Å²) in [4.78, 5) is 24.4. The zero-order valence-electron chi connectivity index (χ0n) is 10.3. The minimum Gasteiger partial charge on any atom is -0.397 e. The van der Waals surface area contributed by atoms with Crippen molar-refractivity contribution in [3.8, 4) is 0 Å². The number of likely N-dealkylation sites (tertiary alicyclic amines) is 1. The molecule has 0 bridgehead atoms. The lowest BCUT2D eigenvalue weighted by atomic mass is 10.1. The molecular weight excluding hydrogens is 246 g/mol. The van der Waals surface area contributed by atoms with Gasteiger partial charge in [0.25, 0.3) is 5.91 Å². The van der Waals surface area contributed by atoms with E-state index in [1.165, 1.54) is 7.05 Å². The molecule has 1 fully saturated rings. The van der Waals surface area contributed by atoms with Crippen LogP contribution in [0.3, 0.4) is 0 Å². The van der Waals surface area contributed by atoms with Crippen molar-refractivity contribution in [2.45, 2.75) is 12.5 Å². The minimum atomic E-state index is -0.555. The van der Waals surface area contributed by atoms with E-state index in [1.807, 2.05) is 0 Å². The van der Waals surface area contributed by atoms with Gasteiger partial charge in [-0.05, 0) is 12.1 Å². The molecule has 1 unspecified atom stereocenters. The number of amides is 2. The van der Waals surface area contributed by atoms with E-state index in [1.54, 1.807) is 18.3 Å². The highest BCUT2D eigenvalue weighted by Crippen LogP contribution is 2.27. The van der Waals surface area contributed by atoms with Crippen LogP contribution < -0.4 is 11.1 Å². The van der Waals surface area contributed by atoms with Crippen molar-refractivity contribution in [2.24, 2.45) is 0 Å². The summed E-state index contributed by atoms with van der Waals surface area (Å²) in [5.74, 6) is -0.433. The van der Waals surface area contributed by atoms with Gasteiger partial charge in [-0.2, -0.15) is 5.10 Å². The van der Waals surface area contributed by atoms with E-state index < -0.39 is 6.04 Å². The van der Waals surface area contributed by atoms with Gasteiger partial charge in [-0.3, -0.25) is 19.6 Å².